The molecule has 0 spiro atoms. The molecule has 0 aliphatic rings. The van der Waals surface area contributed by atoms with E-state index in [0.717, 1.165) is 24.3 Å². The maximum Gasteiger partial charge on any atom is 0.159 e. The molecule has 13 heavy (non-hydrogen) atoms. The number of aliphatic hydroxyl groups excluding tert-OH is 1. The molecule has 1 N–H and O–H groups in total. The van der Waals surface area contributed by atoms with Gasteiger partial charge in [0, 0.05) is 7.05 Å². The summed E-state index contributed by atoms with van der Waals surface area (Å²) < 4.78 is 6.91. The quantitative estimate of drug-likeness (QED) is 0.750. The van der Waals surface area contributed by atoms with Crippen LogP contribution >= 0.6 is 0 Å². The molecule has 0 saturated carbocycles. The highest BCUT2D eigenvalue weighted by Crippen LogP contribution is 2.18. The number of rotatable bonds is 4. The lowest BCUT2D eigenvalue weighted by Crippen LogP contribution is -2.06. The molecule has 0 radical (unpaired) electrons. The van der Waals surface area contributed by atoms with Gasteiger partial charge in [0.1, 0.15) is 0 Å². The van der Waals surface area contributed by atoms with Gasteiger partial charge in [-0.05, 0) is 19.8 Å². The molecule has 1 aromatic heterocycles. The summed E-state index contributed by atoms with van der Waals surface area (Å²) in [5.74, 6) is 0.795. The predicted molar refractivity (Wildman–Crippen MR) is 49.8 cm³/mol. The second-order valence-electron chi connectivity index (χ2n) is 3.17. The summed E-state index contributed by atoms with van der Waals surface area (Å²) in [6.07, 6.45) is 2.93. The summed E-state index contributed by atoms with van der Waals surface area (Å²) >= 11 is 0. The Kier molecular flexibility index (Phi) is 3.31. The van der Waals surface area contributed by atoms with E-state index in [2.05, 4.69) is 5.10 Å². The van der Waals surface area contributed by atoms with Gasteiger partial charge in [-0.25, -0.2) is 0 Å². The summed E-state index contributed by atoms with van der Waals surface area (Å²) in [6.45, 7) is 1.78. The molecular formula is C9H16N2O2. The third kappa shape index (κ3) is 2.45. The normalized spacial score (nSPS) is 12.9. The Morgan fingerprint density at radius 2 is 2.38 bits per heavy atom. The zero-order chi connectivity index (χ0) is 9.84. The van der Waals surface area contributed by atoms with Crippen molar-refractivity contribution in [2.45, 2.75) is 25.9 Å². The molecule has 0 aromatic carbocycles. The van der Waals surface area contributed by atoms with Crippen molar-refractivity contribution in [1.82, 2.24) is 9.78 Å². The van der Waals surface area contributed by atoms with Crippen molar-refractivity contribution in [3.63, 3.8) is 0 Å². The first-order valence-corrected chi connectivity index (χ1v) is 4.38. The van der Waals surface area contributed by atoms with E-state index in [-0.39, 0.29) is 6.10 Å². The van der Waals surface area contributed by atoms with Crippen LogP contribution in [0.15, 0.2) is 6.20 Å². The van der Waals surface area contributed by atoms with E-state index in [1.54, 1.807) is 24.9 Å². The standard InChI is InChI=1S/C9H16N2O2/c1-7(12)4-5-8-9(13-3)6-10-11(8)2/h6-7,12H,4-5H2,1-3H3. The third-order valence-corrected chi connectivity index (χ3v) is 2.04. The van der Waals surface area contributed by atoms with Crippen LogP contribution in [0.25, 0.3) is 0 Å². The van der Waals surface area contributed by atoms with Gasteiger partial charge in [-0.3, -0.25) is 4.68 Å². The zero-order valence-corrected chi connectivity index (χ0v) is 8.32. The minimum atomic E-state index is -0.278. The predicted octanol–water partition coefficient (Wildman–Crippen LogP) is 0.742. The van der Waals surface area contributed by atoms with Gasteiger partial charge in [-0.1, -0.05) is 0 Å². The van der Waals surface area contributed by atoms with Gasteiger partial charge in [0.25, 0.3) is 0 Å². The number of methoxy groups -OCH3 is 1. The van der Waals surface area contributed by atoms with Crippen LogP contribution < -0.4 is 4.74 Å². The molecule has 0 amide bonds. The molecule has 1 aromatic rings. The number of aryl methyl sites for hydroxylation is 1. The number of nitrogens with zero attached hydrogens (tertiary/aromatic N) is 2. The van der Waals surface area contributed by atoms with Gasteiger partial charge in [0.15, 0.2) is 5.75 Å². The van der Waals surface area contributed by atoms with Crippen LogP contribution in [-0.2, 0) is 13.5 Å². The Morgan fingerprint density at radius 3 is 2.92 bits per heavy atom. The number of aromatic nitrogens is 2. The lowest BCUT2D eigenvalue weighted by atomic mass is 10.1. The second kappa shape index (κ2) is 4.28. The number of hydrogen-bond donors (Lipinski definition) is 1. The van der Waals surface area contributed by atoms with Crippen molar-refractivity contribution in [1.29, 1.82) is 0 Å². The van der Waals surface area contributed by atoms with Crippen LogP contribution in [-0.4, -0.2) is 28.1 Å². The summed E-state index contributed by atoms with van der Waals surface area (Å²) in [5, 5.41) is 13.2. The molecule has 0 aliphatic heterocycles. The van der Waals surface area contributed by atoms with Crippen LogP contribution in [0.4, 0.5) is 0 Å². The zero-order valence-electron chi connectivity index (χ0n) is 8.32. The third-order valence-electron chi connectivity index (χ3n) is 2.04. The van der Waals surface area contributed by atoms with E-state index in [1.807, 2.05) is 7.05 Å². The fraction of sp³-hybridized carbons (Fsp3) is 0.667. The first kappa shape index (κ1) is 10.1. The largest absolute Gasteiger partial charge is 0.493 e. The molecule has 4 nitrogen and oxygen atoms in total. The monoisotopic (exact) mass is 184 g/mol. The van der Waals surface area contributed by atoms with Crippen LogP contribution in [0.3, 0.4) is 0 Å². The minimum Gasteiger partial charge on any atom is -0.493 e. The molecule has 1 atom stereocenters. The van der Waals surface area contributed by atoms with Crippen LogP contribution in [0.1, 0.15) is 19.0 Å². The van der Waals surface area contributed by atoms with E-state index >= 15 is 0 Å². The van der Waals surface area contributed by atoms with Gasteiger partial charge in [-0.2, -0.15) is 5.10 Å². The smallest absolute Gasteiger partial charge is 0.159 e. The summed E-state index contributed by atoms with van der Waals surface area (Å²) in [7, 11) is 3.50. The first-order chi connectivity index (χ1) is 6.15. The number of ether oxygens (including phenoxy) is 1. The van der Waals surface area contributed by atoms with E-state index in [1.165, 1.54) is 0 Å². The number of aliphatic hydroxyl groups is 1. The van der Waals surface area contributed by atoms with Crippen molar-refractivity contribution in [3.05, 3.63) is 11.9 Å². The Hall–Kier alpha value is -1.03. The van der Waals surface area contributed by atoms with Crippen molar-refractivity contribution in [3.8, 4) is 5.75 Å². The average molecular weight is 184 g/mol. The van der Waals surface area contributed by atoms with E-state index in [4.69, 9.17) is 9.84 Å². The van der Waals surface area contributed by atoms with E-state index in [9.17, 15) is 0 Å². The summed E-state index contributed by atoms with van der Waals surface area (Å²) in [4.78, 5) is 0. The van der Waals surface area contributed by atoms with E-state index < -0.39 is 0 Å². The highest BCUT2D eigenvalue weighted by atomic mass is 16.5. The molecule has 1 unspecified atom stereocenters. The van der Waals surface area contributed by atoms with Gasteiger partial charge in [-0.15, -0.1) is 0 Å². The average Bonchev–Trinajstić information content (AvgIpc) is 2.43. The van der Waals surface area contributed by atoms with Crippen molar-refractivity contribution >= 4 is 0 Å². The van der Waals surface area contributed by atoms with E-state index in [0.29, 0.717) is 0 Å². The minimum absolute atomic E-state index is 0.278. The second-order valence-corrected chi connectivity index (χ2v) is 3.17. The van der Waals surface area contributed by atoms with Crippen LogP contribution in [0.2, 0.25) is 0 Å². The Bertz CT molecular complexity index is 269. The highest BCUT2D eigenvalue weighted by molar-refractivity contribution is 5.24. The Morgan fingerprint density at radius 1 is 1.69 bits per heavy atom. The van der Waals surface area contributed by atoms with Gasteiger partial charge in [0.2, 0.25) is 0 Å². The Labute approximate surface area is 78.1 Å². The molecule has 1 rings (SSSR count). The van der Waals surface area contributed by atoms with Crippen molar-refractivity contribution in [2.24, 2.45) is 7.05 Å². The van der Waals surface area contributed by atoms with Crippen LogP contribution in [0, 0.1) is 0 Å². The molecule has 0 bridgehead atoms. The van der Waals surface area contributed by atoms with Crippen molar-refractivity contribution in [2.75, 3.05) is 7.11 Å². The molecule has 74 valence electrons. The SMILES string of the molecule is COc1cnn(C)c1CCC(C)O. The summed E-state index contributed by atoms with van der Waals surface area (Å²) in [6, 6.07) is 0. The lowest BCUT2D eigenvalue weighted by molar-refractivity contribution is 0.184. The fourth-order valence-corrected chi connectivity index (χ4v) is 1.24. The van der Waals surface area contributed by atoms with Crippen molar-refractivity contribution < 1.29 is 9.84 Å². The van der Waals surface area contributed by atoms with Gasteiger partial charge in [0.05, 0.1) is 25.1 Å². The maximum atomic E-state index is 9.14. The molecule has 0 aliphatic carbocycles. The van der Waals surface area contributed by atoms with Crippen LogP contribution in [0.5, 0.6) is 5.75 Å². The molecule has 0 saturated heterocycles. The topological polar surface area (TPSA) is 47.3 Å². The molecule has 0 fully saturated rings. The lowest BCUT2D eigenvalue weighted by Gasteiger charge is -2.06. The van der Waals surface area contributed by atoms with Gasteiger partial charge >= 0.3 is 0 Å². The number of hydrogen-bond acceptors (Lipinski definition) is 3. The fourth-order valence-electron chi connectivity index (χ4n) is 1.24. The molecule has 1 heterocycles. The summed E-state index contributed by atoms with van der Waals surface area (Å²) in [5.41, 5.74) is 1.03. The highest BCUT2D eigenvalue weighted by Gasteiger charge is 2.09. The maximum absolute atomic E-state index is 9.14. The first-order valence-electron chi connectivity index (χ1n) is 4.38. The van der Waals surface area contributed by atoms with Gasteiger partial charge < -0.3 is 9.84 Å². The Balaban J connectivity index is 2.68. The molecular weight excluding hydrogens is 168 g/mol. The molecule has 4 heteroatoms.